The third kappa shape index (κ3) is 1.89. The highest BCUT2D eigenvalue weighted by Crippen LogP contribution is 2.09. The molecule has 0 unspecified atom stereocenters. The molecule has 0 aromatic rings. The summed E-state index contributed by atoms with van der Waals surface area (Å²) in [7, 11) is 0. The Morgan fingerprint density at radius 3 is 2.64 bits per heavy atom. The average molecular weight is 161 g/mol. The van der Waals surface area contributed by atoms with Gasteiger partial charge in [0.25, 0.3) is 0 Å². The van der Waals surface area contributed by atoms with E-state index in [0.29, 0.717) is 13.0 Å². The van der Waals surface area contributed by atoms with Gasteiger partial charge in [-0.25, -0.2) is 4.79 Å². The van der Waals surface area contributed by atoms with Crippen molar-refractivity contribution in [3.8, 4) is 0 Å². The Morgan fingerprint density at radius 2 is 2.27 bits per heavy atom. The summed E-state index contributed by atoms with van der Waals surface area (Å²) in [6.45, 7) is 0.356. The molecule has 1 heterocycles. The van der Waals surface area contributed by atoms with Crippen molar-refractivity contribution in [2.75, 3.05) is 6.54 Å². The Labute approximate surface area is 63.7 Å². The fourth-order valence-electron chi connectivity index (χ4n) is 1.16. The van der Waals surface area contributed by atoms with E-state index in [1.807, 2.05) is 0 Å². The van der Waals surface area contributed by atoms with E-state index in [1.165, 1.54) is 0 Å². The molecule has 0 amide bonds. The van der Waals surface area contributed by atoms with Crippen molar-refractivity contribution < 1.29 is 20.1 Å². The zero-order chi connectivity index (χ0) is 8.43. The van der Waals surface area contributed by atoms with Crippen LogP contribution in [0.1, 0.15) is 6.42 Å². The highest BCUT2D eigenvalue weighted by atomic mass is 16.4. The molecule has 0 bridgehead atoms. The number of carbonyl (C=O) groups is 1. The van der Waals surface area contributed by atoms with E-state index in [2.05, 4.69) is 5.32 Å². The van der Waals surface area contributed by atoms with Crippen LogP contribution in [0.2, 0.25) is 0 Å². The van der Waals surface area contributed by atoms with Crippen molar-refractivity contribution >= 4 is 5.97 Å². The summed E-state index contributed by atoms with van der Waals surface area (Å²) < 4.78 is 0. The van der Waals surface area contributed by atoms with Crippen molar-refractivity contribution in [2.45, 2.75) is 24.7 Å². The quantitative estimate of drug-likeness (QED) is 0.382. The minimum Gasteiger partial charge on any atom is -0.479 e. The first-order valence-corrected chi connectivity index (χ1v) is 3.43. The van der Waals surface area contributed by atoms with Gasteiger partial charge in [-0.15, -0.1) is 0 Å². The first-order chi connectivity index (χ1) is 5.11. The molecular weight excluding hydrogens is 150 g/mol. The minimum absolute atomic E-state index is 0.299. The van der Waals surface area contributed by atoms with Gasteiger partial charge in [-0.1, -0.05) is 0 Å². The lowest BCUT2D eigenvalue weighted by Gasteiger charge is -2.12. The third-order valence-corrected chi connectivity index (χ3v) is 1.78. The highest BCUT2D eigenvalue weighted by Gasteiger charge is 2.32. The molecule has 3 atom stereocenters. The molecule has 1 rings (SSSR count). The summed E-state index contributed by atoms with van der Waals surface area (Å²) in [5, 5.41) is 29.0. The predicted molar refractivity (Wildman–Crippen MR) is 36.1 cm³/mol. The zero-order valence-electron chi connectivity index (χ0n) is 5.90. The van der Waals surface area contributed by atoms with Gasteiger partial charge in [0.1, 0.15) is 0 Å². The number of β-amino-alcohol motifs (C(OH)–C–C–N with tert-alkyl or cyclic N) is 1. The first kappa shape index (κ1) is 8.45. The molecular formula is C6H11NO4. The fraction of sp³-hybridized carbons (Fsp3) is 0.833. The summed E-state index contributed by atoms with van der Waals surface area (Å²) in [6, 6.07) is -0.512. The maximum absolute atomic E-state index is 10.2. The second kappa shape index (κ2) is 3.17. The van der Waals surface area contributed by atoms with E-state index < -0.39 is 24.2 Å². The van der Waals surface area contributed by atoms with Crippen LogP contribution < -0.4 is 5.32 Å². The predicted octanol–water partition coefficient (Wildman–Crippen LogP) is -1.85. The average Bonchev–Trinajstić information content (AvgIpc) is 2.34. The number of aliphatic hydroxyl groups excluding tert-OH is 2. The van der Waals surface area contributed by atoms with Gasteiger partial charge in [-0.05, 0) is 6.42 Å². The number of hydrogen-bond acceptors (Lipinski definition) is 4. The molecule has 0 saturated carbocycles. The Bertz CT molecular complexity index is 161. The Balaban J connectivity index is 2.43. The van der Waals surface area contributed by atoms with Gasteiger partial charge in [0.05, 0.1) is 6.10 Å². The number of aliphatic carboxylic acids is 1. The molecule has 1 aliphatic rings. The fourth-order valence-corrected chi connectivity index (χ4v) is 1.16. The van der Waals surface area contributed by atoms with Gasteiger partial charge in [-0.3, -0.25) is 0 Å². The van der Waals surface area contributed by atoms with E-state index in [0.717, 1.165) is 0 Å². The molecule has 0 aromatic heterocycles. The summed E-state index contributed by atoms with van der Waals surface area (Å²) in [5.41, 5.74) is 0. The summed E-state index contributed by atoms with van der Waals surface area (Å²) in [6.07, 6.45) is -1.64. The molecule has 0 radical (unpaired) electrons. The number of hydrogen-bond donors (Lipinski definition) is 4. The second-order valence-electron chi connectivity index (χ2n) is 2.69. The molecule has 0 aliphatic carbocycles. The lowest BCUT2D eigenvalue weighted by Crippen LogP contribution is -2.40. The lowest BCUT2D eigenvalue weighted by molar-refractivity contribution is -0.148. The number of nitrogens with one attached hydrogen (secondary N) is 1. The maximum Gasteiger partial charge on any atom is 0.334 e. The Morgan fingerprint density at radius 1 is 1.64 bits per heavy atom. The van der Waals surface area contributed by atoms with Crippen molar-refractivity contribution in [2.24, 2.45) is 0 Å². The van der Waals surface area contributed by atoms with Crippen molar-refractivity contribution in [1.82, 2.24) is 5.32 Å². The van der Waals surface area contributed by atoms with Gasteiger partial charge >= 0.3 is 5.97 Å². The monoisotopic (exact) mass is 161 g/mol. The van der Waals surface area contributed by atoms with E-state index in [4.69, 9.17) is 15.3 Å². The summed E-state index contributed by atoms with van der Waals surface area (Å²) in [4.78, 5) is 10.2. The van der Waals surface area contributed by atoms with Gasteiger partial charge in [0, 0.05) is 12.6 Å². The van der Waals surface area contributed by atoms with Crippen LogP contribution in [-0.2, 0) is 4.79 Å². The normalized spacial score (nSPS) is 33.6. The van der Waals surface area contributed by atoms with E-state index in [-0.39, 0.29) is 0 Å². The van der Waals surface area contributed by atoms with Crippen LogP contribution in [0.25, 0.3) is 0 Å². The molecule has 0 spiro atoms. The maximum atomic E-state index is 10.2. The van der Waals surface area contributed by atoms with Crippen LogP contribution in [0.4, 0.5) is 0 Å². The van der Waals surface area contributed by atoms with Crippen LogP contribution in [0.15, 0.2) is 0 Å². The number of aliphatic hydroxyl groups is 2. The molecule has 11 heavy (non-hydrogen) atoms. The van der Waals surface area contributed by atoms with Crippen LogP contribution in [0, 0.1) is 0 Å². The zero-order valence-corrected chi connectivity index (χ0v) is 5.90. The van der Waals surface area contributed by atoms with Crippen molar-refractivity contribution in [3.05, 3.63) is 0 Å². The third-order valence-electron chi connectivity index (χ3n) is 1.78. The van der Waals surface area contributed by atoms with Crippen LogP contribution >= 0.6 is 0 Å². The SMILES string of the molecule is O=C(O)[C@@H](O)[C@@H]1C[C@@H](O)CN1. The summed E-state index contributed by atoms with van der Waals surface area (Å²) >= 11 is 0. The van der Waals surface area contributed by atoms with Gasteiger partial charge in [0.2, 0.25) is 0 Å². The largest absolute Gasteiger partial charge is 0.479 e. The van der Waals surface area contributed by atoms with Gasteiger partial charge in [-0.2, -0.15) is 0 Å². The number of rotatable bonds is 2. The lowest BCUT2D eigenvalue weighted by atomic mass is 10.1. The van der Waals surface area contributed by atoms with Crippen LogP contribution in [0.3, 0.4) is 0 Å². The number of carboxylic acids is 1. The standard InChI is InChI=1S/C6H11NO4/c8-3-1-4(7-2-3)5(9)6(10)11/h3-5,7-9H,1-2H2,(H,10,11)/t3-,4+,5+/m1/s1. The van der Waals surface area contributed by atoms with Crippen LogP contribution in [0.5, 0.6) is 0 Å². The second-order valence-corrected chi connectivity index (χ2v) is 2.69. The van der Waals surface area contributed by atoms with E-state index in [9.17, 15) is 4.79 Å². The molecule has 5 nitrogen and oxygen atoms in total. The molecule has 0 aromatic carbocycles. The molecule has 4 N–H and O–H groups in total. The minimum atomic E-state index is -1.41. The molecule has 64 valence electrons. The van der Waals surface area contributed by atoms with Crippen molar-refractivity contribution in [1.29, 1.82) is 0 Å². The van der Waals surface area contributed by atoms with Gasteiger partial charge < -0.3 is 20.6 Å². The van der Waals surface area contributed by atoms with E-state index >= 15 is 0 Å². The number of carboxylic acid groups (broad SMARTS) is 1. The summed E-state index contributed by atoms with van der Waals surface area (Å²) in [5.74, 6) is -1.25. The van der Waals surface area contributed by atoms with Gasteiger partial charge in [0.15, 0.2) is 6.10 Å². The highest BCUT2D eigenvalue weighted by molar-refractivity contribution is 5.73. The topological polar surface area (TPSA) is 89.8 Å². The smallest absolute Gasteiger partial charge is 0.334 e. The first-order valence-electron chi connectivity index (χ1n) is 3.43. The van der Waals surface area contributed by atoms with Crippen molar-refractivity contribution in [3.63, 3.8) is 0 Å². The molecule has 5 heteroatoms. The molecule has 1 aliphatic heterocycles. The Hall–Kier alpha value is -0.650. The van der Waals surface area contributed by atoms with Crippen LogP contribution in [-0.4, -0.2) is 46.1 Å². The molecule has 1 saturated heterocycles. The molecule has 1 fully saturated rings. The van der Waals surface area contributed by atoms with E-state index in [1.54, 1.807) is 0 Å². The Kier molecular flexibility index (Phi) is 2.43.